The van der Waals surface area contributed by atoms with E-state index in [9.17, 15) is 0 Å². The molecule has 2 aromatic rings. The molecule has 0 radical (unpaired) electrons. The normalized spacial score (nSPS) is 12.3. The standard InChI is InChI=1S/C11H13N5OS/c1-3-17-8(2)11-14-9(6-18-11)5-16-7-13-10(4-12)15-16/h6-8H,3,5H2,1-2H3. The van der Waals surface area contributed by atoms with E-state index in [1.165, 1.54) is 6.33 Å². The first kappa shape index (κ1) is 12.7. The van der Waals surface area contributed by atoms with Crippen LogP contribution in [0, 0.1) is 11.3 Å². The van der Waals surface area contributed by atoms with Crippen LogP contribution < -0.4 is 0 Å². The van der Waals surface area contributed by atoms with Gasteiger partial charge in [0.2, 0.25) is 0 Å². The molecule has 0 N–H and O–H groups in total. The monoisotopic (exact) mass is 263 g/mol. The Hall–Kier alpha value is -1.78. The van der Waals surface area contributed by atoms with Crippen LogP contribution in [0.5, 0.6) is 0 Å². The van der Waals surface area contributed by atoms with E-state index in [1.807, 2.05) is 25.3 Å². The van der Waals surface area contributed by atoms with Crippen molar-refractivity contribution in [3.63, 3.8) is 0 Å². The van der Waals surface area contributed by atoms with E-state index < -0.39 is 0 Å². The highest BCUT2D eigenvalue weighted by Gasteiger charge is 2.11. The van der Waals surface area contributed by atoms with Crippen molar-refractivity contribution in [1.29, 1.82) is 5.26 Å². The van der Waals surface area contributed by atoms with Gasteiger partial charge in [0.15, 0.2) is 0 Å². The van der Waals surface area contributed by atoms with Crippen molar-refractivity contribution in [2.24, 2.45) is 0 Å². The zero-order chi connectivity index (χ0) is 13.0. The van der Waals surface area contributed by atoms with E-state index in [4.69, 9.17) is 10.00 Å². The highest BCUT2D eigenvalue weighted by atomic mass is 32.1. The van der Waals surface area contributed by atoms with Gasteiger partial charge in [-0.15, -0.1) is 16.4 Å². The maximum absolute atomic E-state index is 8.63. The molecule has 94 valence electrons. The first-order chi connectivity index (χ1) is 8.72. The summed E-state index contributed by atoms with van der Waals surface area (Å²) in [6.07, 6.45) is 1.54. The van der Waals surface area contributed by atoms with Crippen molar-refractivity contribution in [1.82, 2.24) is 19.7 Å². The summed E-state index contributed by atoms with van der Waals surface area (Å²) in [6.45, 7) is 5.13. The van der Waals surface area contributed by atoms with Crippen LogP contribution in [0.3, 0.4) is 0 Å². The molecule has 7 heteroatoms. The Balaban J connectivity index is 2.04. The van der Waals surface area contributed by atoms with Gasteiger partial charge in [-0.3, -0.25) is 0 Å². The fraction of sp³-hybridized carbons (Fsp3) is 0.455. The van der Waals surface area contributed by atoms with Gasteiger partial charge in [-0.2, -0.15) is 5.26 Å². The summed E-state index contributed by atoms with van der Waals surface area (Å²) in [4.78, 5) is 8.33. The minimum Gasteiger partial charge on any atom is -0.372 e. The highest BCUT2D eigenvalue weighted by molar-refractivity contribution is 7.09. The SMILES string of the molecule is CCOC(C)c1nc(Cn2cnc(C#N)n2)cs1. The molecule has 1 unspecified atom stereocenters. The molecular weight excluding hydrogens is 250 g/mol. The molecular formula is C11H13N5OS. The Morgan fingerprint density at radius 3 is 3.11 bits per heavy atom. The lowest BCUT2D eigenvalue weighted by molar-refractivity contribution is 0.0761. The average Bonchev–Trinajstić information content (AvgIpc) is 2.99. The quantitative estimate of drug-likeness (QED) is 0.821. The van der Waals surface area contributed by atoms with Gasteiger partial charge in [0.1, 0.15) is 23.5 Å². The lowest BCUT2D eigenvalue weighted by atomic mass is 10.4. The third-order valence-corrected chi connectivity index (χ3v) is 3.35. The van der Waals surface area contributed by atoms with Crippen LogP contribution in [-0.2, 0) is 11.3 Å². The van der Waals surface area contributed by atoms with Gasteiger partial charge in [-0.1, -0.05) is 0 Å². The number of hydrogen-bond donors (Lipinski definition) is 0. The molecule has 0 spiro atoms. The Labute approximate surface area is 109 Å². The molecule has 18 heavy (non-hydrogen) atoms. The molecule has 0 bridgehead atoms. The van der Waals surface area contributed by atoms with Crippen LogP contribution in [-0.4, -0.2) is 26.4 Å². The van der Waals surface area contributed by atoms with Crippen LogP contribution >= 0.6 is 11.3 Å². The van der Waals surface area contributed by atoms with Crippen LogP contribution in [0.25, 0.3) is 0 Å². The molecule has 0 amide bonds. The van der Waals surface area contributed by atoms with Crippen molar-refractivity contribution in [3.8, 4) is 6.07 Å². The Bertz CT molecular complexity index is 556. The molecule has 0 aliphatic carbocycles. The molecule has 0 aromatic carbocycles. The topological polar surface area (TPSA) is 76.6 Å². The maximum atomic E-state index is 8.63. The number of thiazole rings is 1. The van der Waals surface area contributed by atoms with Gasteiger partial charge in [0.25, 0.3) is 5.82 Å². The number of ether oxygens (including phenoxy) is 1. The third-order valence-electron chi connectivity index (χ3n) is 2.29. The van der Waals surface area contributed by atoms with E-state index in [2.05, 4.69) is 15.1 Å². The number of rotatable bonds is 5. The molecule has 0 saturated heterocycles. The van der Waals surface area contributed by atoms with Crippen molar-refractivity contribution >= 4 is 11.3 Å². The van der Waals surface area contributed by atoms with Crippen LogP contribution in [0.1, 0.15) is 36.5 Å². The molecule has 2 aromatic heterocycles. The summed E-state index contributed by atoms with van der Waals surface area (Å²) < 4.78 is 7.08. The van der Waals surface area contributed by atoms with Gasteiger partial charge in [-0.05, 0) is 13.8 Å². The van der Waals surface area contributed by atoms with E-state index in [1.54, 1.807) is 16.0 Å². The largest absolute Gasteiger partial charge is 0.372 e. The predicted molar refractivity (Wildman–Crippen MR) is 66.0 cm³/mol. The number of hydrogen-bond acceptors (Lipinski definition) is 6. The fourth-order valence-electron chi connectivity index (χ4n) is 1.49. The zero-order valence-corrected chi connectivity index (χ0v) is 11.0. The number of nitriles is 1. The first-order valence-electron chi connectivity index (χ1n) is 5.58. The second-order valence-corrected chi connectivity index (χ2v) is 4.54. The van der Waals surface area contributed by atoms with Gasteiger partial charge >= 0.3 is 0 Å². The summed E-state index contributed by atoms with van der Waals surface area (Å²) in [6, 6.07) is 1.89. The fourth-order valence-corrected chi connectivity index (χ4v) is 2.30. The lowest BCUT2D eigenvalue weighted by Crippen LogP contribution is -2.03. The summed E-state index contributed by atoms with van der Waals surface area (Å²) in [5, 5.41) is 15.5. The molecule has 0 fully saturated rings. The van der Waals surface area contributed by atoms with Gasteiger partial charge in [0, 0.05) is 12.0 Å². The summed E-state index contributed by atoms with van der Waals surface area (Å²) >= 11 is 1.57. The Morgan fingerprint density at radius 2 is 2.44 bits per heavy atom. The molecule has 0 saturated carbocycles. The van der Waals surface area contributed by atoms with Gasteiger partial charge in [-0.25, -0.2) is 14.6 Å². The molecule has 2 heterocycles. The molecule has 1 atom stereocenters. The second-order valence-electron chi connectivity index (χ2n) is 3.65. The van der Waals surface area contributed by atoms with Crippen molar-refractivity contribution in [3.05, 3.63) is 28.2 Å². The van der Waals surface area contributed by atoms with Gasteiger partial charge in [0.05, 0.1) is 12.2 Å². The zero-order valence-electron chi connectivity index (χ0n) is 10.2. The Morgan fingerprint density at radius 1 is 1.61 bits per heavy atom. The van der Waals surface area contributed by atoms with Gasteiger partial charge < -0.3 is 4.74 Å². The van der Waals surface area contributed by atoms with Crippen LogP contribution in [0.4, 0.5) is 0 Å². The van der Waals surface area contributed by atoms with E-state index >= 15 is 0 Å². The molecule has 6 nitrogen and oxygen atoms in total. The smallest absolute Gasteiger partial charge is 0.252 e. The minimum atomic E-state index is 0.0131. The van der Waals surface area contributed by atoms with Crippen LogP contribution in [0.15, 0.2) is 11.7 Å². The summed E-state index contributed by atoms with van der Waals surface area (Å²) in [7, 11) is 0. The predicted octanol–water partition coefficient (Wildman–Crippen LogP) is 1.75. The third kappa shape index (κ3) is 2.91. The Kier molecular flexibility index (Phi) is 4.02. The maximum Gasteiger partial charge on any atom is 0.252 e. The molecule has 2 rings (SSSR count). The lowest BCUT2D eigenvalue weighted by Gasteiger charge is -2.06. The van der Waals surface area contributed by atoms with Crippen molar-refractivity contribution in [2.45, 2.75) is 26.5 Å². The minimum absolute atomic E-state index is 0.0131. The summed E-state index contributed by atoms with van der Waals surface area (Å²) in [5.41, 5.74) is 0.899. The van der Waals surface area contributed by atoms with E-state index in [0.717, 1.165) is 10.7 Å². The average molecular weight is 263 g/mol. The van der Waals surface area contributed by atoms with Crippen molar-refractivity contribution in [2.75, 3.05) is 6.61 Å². The van der Waals surface area contributed by atoms with E-state index in [0.29, 0.717) is 13.2 Å². The highest BCUT2D eigenvalue weighted by Crippen LogP contribution is 2.21. The molecule has 0 aliphatic heterocycles. The van der Waals surface area contributed by atoms with Crippen molar-refractivity contribution < 1.29 is 4.74 Å². The molecule has 0 aliphatic rings. The number of nitrogens with zero attached hydrogens (tertiary/aromatic N) is 5. The number of aromatic nitrogens is 4. The second kappa shape index (κ2) is 5.71. The van der Waals surface area contributed by atoms with E-state index in [-0.39, 0.29) is 11.9 Å². The van der Waals surface area contributed by atoms with Crippen LogP contribution in [0.2, 0.25) is 0 Å². The summed E-state index contributed by atoms with van der Waals surface area (Å²) in [5.74, 6) is 0.174. The first-order valence-corrected chi connectivity index (χ1v) is 6.46.